The van der Waals surface area contributed by atoms with Gasteiger partial charge in [-0.05, 0) is 38.5 Å². The molecule has 0 aliphatic heterocycles. The van der Waals surface area contributed by atoms with Gasteiger partial charge in [-0.1, -0.05) is 141 Å². The molecular formula is C38H68N2O4S. The summed E-state index contributed by atoms with van der Waals surface area (Å²) in [6, 6.07) is 22.2. The number of hydrogen-bond acceptors (Lipinski definition) is 4. The average Bonchev–Trinajstić information content (AvgIpc) is 3.03. The molecule has 0 unspecified atom stereocenters. The number of nitrogens with zero attached hydrogens (tertiary/aromatic N) is 2. The number of rotatable bonds is 22. The van der Waals surface area contributed by atoms with Crippen molar-refractivity contribution >= 4 is 10.4 Å². The zero-order valence-electron chi connectivity index (χ0n) is 29.9. The summed E-state index contributed by atoms with van der Waals surface area (Å²) in [5, 5.41) is 0. The van der Waals surface area contributed by atoms with Crippen LogP contribution in [-0.4, -0.2) is 65.8 Å². The average molecular weight is 649 g/mol. The van der Waals surface area contributed by atoms with E-state index in [0.29, 0.717) is 0 Å². The van der Waals surface area contributed by atoms with Crippen LogP contribution in [0.1, 0.15) is 130 Å². The van der Waals surface area contributed by atoms with E-state index in [1.165, 1.54) is 150 Å². The van der Waals surface area contributed by atoms with Crippen molar-refractivity contribution in [2.24, 2.45) is 0 Å². The van der Waals surface area contributed by atoms with Crippen molar-refractivity contribution in [1.82, 2.24) is 0 Å². The second-order valence-electron chi connectivity index (χ2n) is 12.8. The van der Waals surface area contributed by atoms with Crippen LogP contribution in [-0.2, 0) is 23.5 Å². The van der Waals surface area contributed by atoms with Gasteiger partial charge in [-0.25, -0.2) is 0 Å². The van der Waals surface area contributed by atoms with Crippen molar-refractivity contribution in [2.45, 2.75) is 132 Å². The molecule has 0 heterocycles. The summed E-state index contributed by atoms with van der Waals surface area (Å²) in [4.78, 5) is 0. The highest BCUT2D eigenvalue weighted by Gasteiger charge is 2.27. The second-order valence-corrected chi connectivity index (χ2v) is 13.7. The molecule has 0 aromatic heterocycles. The van der Waals surface area contributed by atoms with Crippen LogP contribution in [0.5, 0.6) is 0 Å². The lowest BCUT2D eigenvalue weighted by Crippen LogP contribution is -2.49. The highest BCUT2D eigenvalue weighted by Crippen LogP contribution is 2.21. The molecule has 260 valence electrons. The van der Waals surface area contributed by atoms with E-state index < -0.39 is 10.4 Å². The molecule has 0 atom stereocenters. The van der Waals surface area contributed by atoms with Crippen molar-refractivity contribution in [2.75, 3.05) is 39.3 Å². The van der Waals surface area contributed by atoms with Crippen LogP contribution < -0.4 is 0 Å². The minimum Gasteiger partial charge on any atom is -0.759 e. The maximum Gasteiger partial charge on any atom is 0.104 e. The molecule has 0 saturated carbocycles. The van der Waals surface area contributed by atoms with Crippen LogP contribution in [0, 0.1) is 0 Å². The molecule has 2 rings (SSSR count). The lowest BCUT2D eigenvalue weighted by molar-refractivity contribution is -0.941. The highest BCUT2D eigenvalue weighted by molar-refractivity contribution is 7.79. The van der Waals surface area contributed by atoms with E-state index in [-0.39, 0.29) is 0 Å². The first-order valence-electron chi connectivity index (χ1n) is 18.0. The third-order valence-corrected chi connectivity index (χ3v) is 8.64. The Kier molecular flexibility index (Phi) is 25.3. The Morgan fingerprint density at radius 2 is 0.644 bits per heavy atom. The van der Waals surface area contributed by atoms with Gasteiger partial charge in [0.15, 0.2) is 0 Å². The zero-order chi connectivity index (χ0) is 33.9. The number of hydrogen-bond donors (Lipinski definition) is 0. The highest BCUT2D eigenvalue weighted by atomic mass is 32.3. The van der Waals surface area contributed by atoms with Gasteiger partial charge in [0.1, 0.15) is 13.1 Å². The molecule has 2 aromatic carbocycles. The van der Waals surface area contributed by atoms with Crippen molar-refractivity contribution < 1.29 is 26.5 Å². The summed E-state index contributed by atoms with van der Waals surface area (Å²) >= 11 is 0. The minimum atomic E-state index is -5.17. The molecule has 45 heavy (non-hydrogen) atoms. The van der Waals surface area contributed by atoms with E-state index in [2.05, 4.69) is 102 Å². The number of unbranched alkanes of at least 4 members (excludes halogenated alkanes) is 6. The summed E-state index contributed by atoms with van der Waals surface area (Å²) in [5.41, 5.74) is 3.02. The van der Waals surface area contributed by atoms with Gasteiger partial charge in [0.25, 0.3) is 0 Å². The van der Waals surface area contributed by atoms with Gasteiger partial charge in [0.2, 0.25) is 0 Å². The van der Waals surface area contributed by atoms with Crippen molar-refractivity contribution in [1.29, 1.82) is 0 Å². The van der Waals surface area contributed by atoms with E-state index in [9.17, 15) is 0 Å². The summed E-state index contributed by atoms with van der Waals surface area (Å²) in [5.74, 6) is 0. The zero-order valence-corrected chi connectivity index (χ0v) is 30.7. The van der Waals surface area contributed by atoms with Gasteiger partial charge in [-0.15, -0.1) is 0 Å². The summed E-state index contributed by atoms with van der Waals surface area (Å²) < 4.78 is 36.7. The van der Waals surface area contributed by atoms with Gasteiger partial charge >= 0.3 is 0 Å². The van der Waals surface area contributed by atoms with Gasteiger partial charge in [-0.3, -0.25) is 8.42 Å². The first-order valence-corrected chi connectivity index (χ1v) is 19.3. The van der Waals surface area contributed by atoms with E-state index in [1.807, 2.05) is 0 Å². The maximum atomic E-state index is 8.52. The largest absolute Gasteiger partial charge is 0.759 e. The molecule has 2 aromatic rings. The Hall–Kier alpha value is -1.77. The second kappa shape index (κ2) is 26.3. The normalized spacial score (nSPS) is 11.7. The van der Waals surface area contributed by atoms with E-state index in [1.54, 1.807) is 0 Å². The summed E-state index contributed by atoms with van der Waals surface area (Å²) in [6.07, 6.45) is 16.0. The van der Waals surface area contributed by atoms with Gasteiger partial charge in [0, 0.05) is 21.5 Å². The first kappa shape index (κ1) is 43.2. The topological polar surface area (TPSA) is 80.3 Å². The van der Waals surface area contributed by atoms with E-state index >= 15 is 0 Å². The van der Waals surface area contributed by atoms with Crippen LogP contribution in [0.25, 0.3) is 0 Å². The Bertz CT molecular complexity index is 911. The summed E-state index contributed by atoms with van der Waals surface area (Å²) in [6.45, 7) is 24.5. The molecule has 0 aliphatic carbocycles. The maximum absolute atomic E-state index is 8.52. The quantitative estimate of drug-likeness (QED) is 0.0724. The predicted molar refractivity (Wildman–Crippen MR) is 190 cm³/mol. The smallest absolute Gasteiger partial charge is 0.104 e. The molecule has 0 radical (unpaired) electrons. The fourth-order valence-electron chi connectivity index (χ4n) is 6.05. The van der Waals surface area contributed by atoms with Gasteiger partial charge in [-0.2, -0.15) is 0 Å². The monoisotopic (exact) mass is 648 g/mol. The van der Waals surface area contributed by atoms with Gasteiger partial charge < -0.3 is 18.1 Å². The Morgan fingerprint density at radius 3 is 0.822 bits per heavy atom. The van der Waals surface area contributed by atoms with Crippen molar-refractivity contribution in [3.05, 3.63) is 71.8 Å². The molecule has 0 saturated heterocycles. The Balaban J connectivity index is 0.000000748. The summed E-state index contributed by atoms with van der Waals surface area (Å²) in [7, 11) is -5.17. The van der Waals surface area contributed by atoms with Crippen molar-refractivity contribution in [3.63, 3.8) is 0 Å². The lowest BCUT2D eigenvalue weighted by Gasteiger charge is -2.39. The molecule has 0 fully saturated rings. The number of quaternary nitrogens is 2. The van der Waals surface area contributed by atoms with Crippen LogP contribution in [0.15, 0.2) is 60.7 Å². The molecule has 0 spiro atoms. The fraction of sp³-hybridized carbons (Fsp3) is 0.684. The van der Waals surface area contributed by atoms with Crippen LogP contribution >= 0.6 is 0 Å². The first-order chi connectivity index (χ1) is 21.5. The molecular weight excluding hydrogens is 580 g/mol. The van der Waals surface area contributed by atoms with Crippen LogP contribution in [0.3, 0.4) is 0 Å². The fourth-order valence-corrected chi connectivity index (χ4v) is 6.05. The predicted octanol–water partition coefficient (Wildman–Crippen LogP) is 9.47. The molecule has 0 N–H and O–H groups in total. The lowest BCUT2D eigenvalue weighted by atomic mass is 10.1. The molecule has 6 nitrogen and oxygen atoms in total. The molecule has 0 bridgehead atoms. The van der Waals surface area contributed by atoms with Crippen LogP contribution in [0.2, 0.25) is 0 Å². The van der Waals surface area contributed by atoms with Crippen LogP contribution in [0.4, 0.5) is 0 Å². The molecule has 0 aliphatic rings. The van der Waals surface area contributed by atoms with E-state index in [0.717, 1.165) is 0 Å². The number of benzene rings is 2. The SMILES string of the molecule is CCCC[N+](CCCC)(CCCC)Cc1ccccc1.CCCC[N+](CCCC)(CCCC)Cc1ccccc1.O=S(=O)([O-])[O-]. The minimum absolute atomic E-state index is 1.22. The Morgan fingerprint density at radius 1 is 0.444 bits per heavy atom. The van der Waals surface area contributed by atoms with Gasteiger partial charge in [0.05, 0.1) is 39.3 Å². The molecule has 7 heteroatoms. The standard InChI is InChI=1S/2C19H34N.H2O4S/c2*1-4-7-15-20(16-8-5-2,17-9-6-3)18-19-13-11-10-12-14-19;1-5(2,3)4/h2*10-14H,4-9,15-18H2,1-3H3;(H2,1,2,3,4)/q2*+1;/p-2. The van der Waals surface area contributed by atoms with Crippen molar-refractivity contribution in [3.8, 4) is 0 Å². The third-order valence-electron chi connectivity index (χ3n) is 8.64. The molecule has 0 amide bonds. The van der Waals surface area contributed by atoms with E-state index in [4.69, 9.17) is 17.5 Å². The Labute approximate surface area is 279 Å². The third kappa shape index (κ3) is 23.2.